The average Bonchev–Trinajstić information content (AvgIpc) is 2.75. The van der Waals surface area contributed by atoms with Gasteiger partial charge < -0.3 is 5.32 Å². The van der Waals surface area contributed by atoms with Gasteiger partial charge in [0, 0.05) is 23.5 Å². The average molecular weight is 210 g/mol. The van der Waals surface area contributed by atoms with Crippen LogP contribution in [0.4, 0.5) is 0 Å². The molecule has 0 aliphatic carbocycles. The van der Waals surface area contributed by atoms with E-state index in [1.807, 2.05) is 12.3 Å². The molecule has 1 aromatic heterocycles. The number of carbonyl (C=O) groups excluding carboxylic acids is 1. The monoisotopic (exact) mass is 210 g/mol. The van der Waals surface area contributed by atoms with Crippen LogP contribution in [0, 0.1) is 12.8 Å². The number of ketones is 1. The van der Waals surface area contributed by atoms with Crippen LogP contribution in [0.2, 0.25) is 0 Å². The van der Waals surface area contributed by atoms with E-state index in [0.717, 1.165) is 30.2 Å². The molecule has 1 atom stereocenters. The number of nitrogens with zero attached hydrogens (tertiary/aromatic N) is 1. The topological polar surface area (TPSA) is 42.0 Å². The van der Waals surface area contributed by atoms with Gasteiger partial charge in [-0.3, -0.25) is 4.79 Å². The van der Waals surface area contributed by atoms with Gasteiger partial charge in [0.2, 0.25) is 0 Å². The Morgan fingerprint density at radius 2 is 2.64 bits per heavy atom. The highest BCUT2D eigenvalue weighted by molar-refractivity contribution is 7.09. The zero-order valence-electron chi connectivity index (χ0n) is 8.25. The largest absolute Gasteiger partial charge is 0.316 e. The number of hydrogen-bond acceptors (Lipinski definition) is 4. The van der Waals surface area contributed by atoms with Crippen LogP contribution < -0.4 is 5.32 Å². The lowest BCUT2D eigenvalue weighted by atomic mass is 10.0. The standard InChI is InChI=1S/C10H14N2OS/c1-7-6-14-10(12-7)4-9(13)8-2-3-11-5-8/h6,8,11H,2-5H2,1H3. The maximum absolute atomic E-state index is 11.8. The van der Waals surface area contributed by atoms with Crippen molar-refractivity contribution in [2.45, 2.75) is 19.8 Å². The highest BCUT2D eigenvalue weighted by Gasteiger charge is 2.22. The normalized spacial score (nSPS) is 21.4. The summed E-state index contributed by atoms with van der Waals surface area (Å²) in [4.78, 5) is 16.0. The molecule has 1 aromatic rings. The molecule has 0 spiro atoms. The van der Waals surface area contributed by atoms with Gasteiger partial charge in [-0.25, -0.2) is 4.98 Å². The van der Waals surface area contributed by atoms with Gasteiger partial charge in [0.15, 0.2) is 0 Å². The Morgan fingerprint density at radius 3 is 3.21 bits per heavy atom. The van der Waals surface area contributed by atoms with E-state index in [1.54, 1.807) is 11.3 Å². The SMILES string of the molecule is Cc1csc(CC(=O)C2CCNC2)n1. The minimum absolute atomic E-state index is 0.221. The number of thiazole rings is 1. The molecule has 2 heterocycles. The third-order valence-corrected chi connectivity index (χ3v) is 3.47. The molecule has 0 bridgehead atoms. The van der Waals surface area contributed by atoms with Gasteiger partial charge in [0.25, 0.3) is 0 Å². The highest BCUT2D eigenvalue weighted by atomic mass is 32.1. The predicted octanol–water partition coefficient (Wildman–Crippen LogP) is 1.17. The van der Waals surface area contributed by atoms with E-state index in [2.05, 4.69) is 10.3 Å². The quantitative estimate of drug-likeness (QED) is 0.814. The maximum atomic E-state index is 11.8. The van der Waals surface area contributed by atoms with E-state index in [-0.39, 0.29) is 5.92 Å². The van der Waals surface area contributed by atoms with Crippen LogP contribution in [0.15, 0.2) is 5.38 Å². The smallest absolute Gasteiger partial charge is 0.144 e. The molecule has 1 N–H and O–H groups in total. The molecule has 0 amide bonds. The van der Waals surface area contributed by atoms with Crippen molar-refractivity contribution in [1.29, 1.82) is 0 Å². The summed E-state index contributed by atoms with van der Waals surface area (Å²) < 4.78 is 0. The fourth-order valence-electron chi connectivity index (χ4n) is 1.71. The summed E-state index contributed by atoms with van der Waals surface area (Å²) in [5, 5.41) is 6.16. The molecular formula is C10H14N2OS. The zero-order valence-corrected chi connectivity index (χ0v) is 9.06. The Balaban J connectivity index is 1.93. The Kier molecular flexibility index (Phi) is 2.93. The molecule has 1 aliphatic rings. The number of Topliss-reactive ketones (excluding diaryl/α,β-unsaturated/α-hetero) is 1. The lowest BCUT2D eigenvalue weighted by Crippen LogP contribution is -2.19. The second-order valence-corrected chi connectivity index (χ2v) is 4.66. The summed E-state index contributed by atoms with van der Waals surface area (Å²) in [5.41, 5.74) is 1.02. The van der Waals surface area contributed by atoms with Crippen LogP contribution in [0.5, 0.6) is 0 Å². The van der Waals surface area contributed by atoms with Crippen molar-refractivity contribution in [3.8, 4) is 0 Å². The first-order valence-corrected chi connectivity index (χ1v) is 5.78. The number of rotatable bonds is 3. The van der Waals surface area contributed by atoms with Crippen LogP contribution in [-0.4, -0.2) is 23.9 Å². The van der Waals surface area contributed by atoms with Crippen molar-refractivity contribution >= 4 is 17.1 Å². The highest BCUT2D eigenvalue weighted by Crippen LogP contribution is 2.15. The molecule has 14 heavy (non-hydrogen) atoms. The summed E-state index contributed by atoms with van der Waals surface area (Å²) in [7, 11) is 0. The third kappa shape index (κ3) is 2.19. The minimum atomic E-state index is 0.221. The maximum Gasteiger partial charge on any atom is 0.144 e. The van der Waals surface area contributed by atoms with Gasteiger partial charge in [-0.1, -0.05) is 0 Å². The lowest BCUT2D eigenvalue weighted by Gasteiger charge is -2.04. The number of hydrogen-bond donors (Lipinski definition) is 1. The summed E-state index contributed by atoms with van der Waals surface area (Å²) in [6.45, 7) is 3.79. The molecular weight excluding hydrogens is 196 g/mol. The van der Waals surface area contributed by atoms with Gasteiger partial charge >= 0.3 is 0 Å². The van der Waals surface area contributed by atoms with E-state index in [4.69, 9.17) is 0 Å². The summed E-state index contributed by atoms with van der Waals surface area (Å²) in [5.74, 6) is 0.559. The van der Waals surface area contributed by atoms with Gasteiger partial charge in [-0.15, -0.1) is 11.3 Å². The van der Waals surface area contributed by atoms with Crippen LogP contribution in [0.1, 0.15) is 17.1 Å². The first-order chi connectivity index (χ1) is 6.75. The zero-order chi connectivity index (χ0) is 9.97. The molecule has 3 nitrogen and oxygen atoms in total. The molecule has 1 unspecified atom stereocenters. The minimum Gasteiger partial charge on any atom is -0.316 e. The van der Waals surface area contributed by atoms with Gasteiger partial charge in [0.1, 0.15) is 10.8 Å². The Morgan fingerprint density at radius 1 is 1.79 bits per heavy atom. The second-order valence-electron chi connectivity index (χ2n) is 3.72. The fraction of sp³-hybridized carbons (Fsp3) is 0.600. The van der Waals surface area contributed by atoms with Crippen LogP contribution in [-0.2, 0) is 11.2 Å². The third-order valence-electron chi connectivity index (χ3n) is 2.51. The van der Waals surface area contributed by atoms with Crippen molar-refractivity contribution in [3.63, 3.8) is 0 Å². The molecule has 0 aromatic carbocycles. The van der Waals surface area contributed by atoms with Crippen molar-refractivity contribution in [3.05, 3.63) is 16.1 Å². The van der Waals surface area contributed by atoms with Crippen LogP contribution >= 0.6 is 11.3 Å². The summed E-state index contributed by atoms with van der Waals surface area (Å²) in [6, 6.07) is 0. The second kappa shape index (κ2) is 4.19. The molecule has 1 aliphatic heterocycles. The van der Waals surface area contributed by atoms with Gasteiger partial charge in [-0.05, 0) is 19.9 Å². The van der Waals surface area contributed by atoms with Crippen molar-refractivity contribution < 1.29 is 4.79 Å². The van der Waals surface area contributed by atoms with E-state index in [9.17, 15) is 4.79 Å². The lowest BCUT2D eigenvalue weighted by molar-refractivity contribution is -0.121. The molecule has 4 heteroatoms. The van der Waals surface area contributed by atoms with Gasteiger partial charge in [0.05, 0.1) is 6.42 Å². The van der Waals surface area contributed by atoms with E-state index in [1.165, 1.54) is 0 Å². The Labute approximate surface area is 87.6 Å². The first kappa shape index (κ1) is 9.80. The molecule has 0 saturated carbocycles. The van der Waals surface area contributed by atoms with Crippen LogP contribution in [0.3, 0.4) is 0 Å². The molecule has 1 fully saturated rings. The van der Waals surface area contributed by atoms with E-state index >= 15 is 0 Å². The predicted molar refractivity (Wildman–Crippen MR) is 56.5 cm³/mol. The van der Waals surface area contributed by atoms with E-state index in [0.29, 0.717) is 12.2 Å². The van der Waals surface area contributed by atoms with Gasteiger partial charge in [-0.2, -0.15) is 0 Å². The Bertz CT molecular complexity index is 329. The number of carbonyl (C=O) groups is 1. The number of aryl methyl sites for hydroxylation is 1. The number of aromatic nitrogens is 1. The molecule has 2 rings (SSSR count). The number of nitrogens with one attached hydrogen (secondary N) is 1. The molecule has 0 radical (unpaired) electrons. The fourth-order valence-corrected chi connectivity index (χ4v) is 2.49. The molecule has 76 valence electrons. The Hall–Kier alpha value is -0.740. The van der Waals surface area contributed by atoms with E-state index < -0.39 is 0 Å². The summed E-state index contributed by atoms with van der Waals surface area (Å²) in [6.07, 6.45) is 1.51. The molecule has 1 saturated heterocycles. The van der Waals surface area contributed by atoms with Crippen molar-refractivity contribution in [2.75, 3.05) is 13.1 Å². The van der Waals surface area contributed by atoms with Crippen LogP contribution in [0.25, 0.3) is 0 Å². The first-order valence-electron chi connectivity index (χ1n) is 4.90. The van der Waals surface area contributed by atoms with Crippen molar-refractivity contribution in [1.82, 2.24) is 10.3 Å². The summed E-state index contributed by atoms with van der Waals surface area (Å²) >= 11 is 1.58. The van der Waals surface area contributed by atoms with Crippen molar-refractivity contribution in [2.24, 2.45) is 5.92 Å².